The third-order valence-electron chi connectivity index (χ3n) is 1.99. The molecule has 0 nitrogen and oxygen atoms in total. The fourth-order valence-electron chi connectivity index (χ4n) is 1.26. The molecule has 0 radical (unpaired) electrons. The second kappa shape index (κ2) is 10.2. The van der Waals surface area contributed by atoms with Crippen LogP contribution in [0.5, 0.6) is 0 Å². The van der Waals surface area contributed by atoms with Gasteiger partial charge < -0.3 is 0 Å². The minimum atomic E-state index is -1.14. The fourth-order valence-corrected chi connectivity index (χ4v) is 2.13. The summed E-state index contributed by atoms with van der Waals surface area (Å²) in [4.78, 5) is 1.33. The first-order chi connectivity index (χ1) is 8.36. The minimum absolute atomic E-state index is 1.05. The van der Waals surface area contributed by atoms with Crippen LogP contribution in [0.1, 0.15) is 5.56 Å². The topological polar surface area (TPSA) is 0 Å². The summed E-state index contributed by atoms with van der Waals surface area (Å²) in [6.07, 6.45) is 0. The summed E-state index contributed by atoms with van der Waals surface area (Å²) in [7, 11) is 9.97. The van der Waals surface area contributed by atoms with Crippen LogP contribution in [0, 0.1) is 0 Å². The molecule has 17 heavy (non-hydrogen) atoms. The maximum absolute atomic E-state index is 4.99. The number of benzene rings is 2. The molecule has 0 amide bonds. The van der Waals surface area contributed by atoms with Gasteiger partial charge in [-0.2, -0.15) is 0 Å². The molecule has 0 aliphatic carbocycles. The van der Waals surface area contributed by atoms with Crippen LogP contribution in [0.25, 0.3) is 0 Å². The van der Waals surface area contributed by atoms with E-state index in [4.69, 9.17) is 16.5 Å². The Hall–Kier alpha value is 0.305. The van der Waals surface area contributed by atoms with E-state index >= 15 is 0 Å². The van der Waals surface area contributed by atoms with Gasteiger partial charge in [0.15, 0.2) is 0 Å². The number of hydrogen-bond acceptors (Lipinski definition) is 1. The van der Waals surface area contributed by atoms with E-state index in [1.807, 2.05) is 17.8 Å². The van der Waals surface area contributed by atoms with Crippen molar-refractivity contribution in [1.29, 1.82) is 0 Å². The third-order valence-corrected chi connectivity index (χ3v) is 3.07. The molecule has 0 saturated heterocycles. The second-order valence-corrected chi connectivity index (χ2v) is 12.1. The van der Waals surface area contributed by atoms with Crippen molar-refractivity contribution in [3.05, 3.63) is 66.2 Å². The molecule has 0 atom stereocenters. The summed E-state index contributed by atoms with van der Waals surface area (Å²) in [6, 6.07) is 21.0. The zero-order chi connectivity index (χ0) is 12.3. The van der Waals surface area contributed by atoms with Crippen LogP contribution in [-0.4, -0.2) is 0 Å². The molecule has 2 aromatic carbocycles. The van der Waals surface area contributed by atoms with Crippen LogP contribution < -0.4 is 0 Å². The van der Waals surface area contributed by atoms with Gasteiger partial charge in [-0.05, 0) is 17.7 Å². The molecule has 86 valence electrons. The van der Waals surface area contributed by atoms with Crippen LogP contribution in [0.3, 0.4) is 0 Å². The SMILES string of the molecule is [Cl][Hg][Cl].c1ccc(CSc2ccccc2)cc1. The van der Waals surface area contributed by atoms with E-state index in [1.165, 1.54) is 10.5 Å². The normalized spacial score (nSPS) is 8.82. The maximum atomic E-state index is 4.99. The predicted molar refractivity (Wildman–Crippen MR) is 74.2 cm³/mol. The molecule has 2 rings (SSSR count). The number of thioether (sulfide) groups is 1. The van der Waals surface area contributed by atoms with Crippen molar-refractivity contribution in [3.63, 3.8) is 0 Å². The summed E-state index contributed by atoms with van der Waals surface area (Å²) >= 11 is 0.735. The van der Waals surface area contributed by atoms with Gasteiger partial charge in [-0.25, -0.2) is 0 Å². The first-order valence-corrected chi connectivity index (χ1v) is 19.7. The molecule has 0 bridgehead atoms. The number of rotatable bonds is 3. The zero-order valence-corrected chi connectivity index (χ0v) is 17.2. The Labute approximate surface area is 126 Å². The predicted octanol–water partition coefficient (Wildman–Crippen LogP) is 5.36. The van der Waals surface area contributed by atoms with Gasteiger partial charge in [0, 0.05) is 10.6 Å². The molecule has 0 aliphatic rings. The van der Waals surface area contributed by atoms with Gasteiger partial charge in [0.25, 0.3) is 0 Å². The Morgan fingerprint density at radius 2 is 1.29 bits per heavy atom. The molecule has 0 aromatic heterocycles. The van der Waals surface area contributed by atoms with Crippen LogP contribution in [-0.2, 0) is 27.9 Å². The first-order valence-electron chi connectivity index (χ1n) is 5.20. The Kier molecular flexibility index (Phi) is 9.26. The van der Waals surface area contributed by atoms with Gasteiger partial charge in [-0.1, -0.05) is 48.5 Å². The van der Waals surface area contributed by atoms with Crippen molar-refractivity contribution in [2.75, 3.05) is 0 Å². The van der Waals surface area contributed by atoms with Crippen molar-refractivity contribution in [2.24, 2.45) is 0 Å². The van der Waals surface area contributed by atoms with Crippen LogP contribution in [0.2, 0.25) is 0 Å². The molecular formula is C13H12Cl2HgS. The summed E-state index contributed by atoms with van der Waals surface area (Å²) in [5.74, 6) is 1.05. The smallest absolute Gasteiger partial charge is 0.0231 e. The van der Waals surface area contributed by atoms with E-state index in [9.17, 15) is 0 Å². The molecular weight excluding hydrogens is 460 g/mol. The fraction of sp³-hybridized carbons (Fsp3) is 0.0769. The van der Waals surface area contributed by atoms with Crippen molar-refractivity contribution in [2.45, 2.75) is 10.6 Å². The number of halogens is 2. The molecule has 0 spiro atoms. The van der Waals surface area contributed by atoms with Gasteiger partial charge in [0.1, 0.15) is 0 Å². The van der Waals surface area contributed by atoms with Crippen LogP contribution in [0.4, 0.5) is 0 Å². The molecule has 2 aromatic rings. The Bertz CT molecular complexity index is 355. The van der Waals surface area contributed by atoms with Gasteiger partial charge in [0.2, 0.25) is 0 Å². The maximum Gasteiger partial charge on any atom is 0.0231 e. The Balaban J connectivity index is 0.000000437. The van der Waals surface area contributed by atoms with Crippen LogP contribution in [0.15, 0.2) is 65.6 Å². The van der Waals surface area contributed by atoms with Crippen molar-refractivity contribution >= 4 is 28.3 Å². The molecule has 0 unspecified atom stereocenters. The summed E-state index contributed by atoms with van der Waals surface area (Å²) in [6.45, 7) is 0. The molecule has 0 aliphatic heterocycles. The molecule has 0 heterocycles. The first kappa shape index (κ1) is 15.4. The van der Waals surface area contributed by atoms with E-state index in [0.717, 1.165) is 5.75 Å². The quantitative estimate of drug-likeness (QED) is 0.429. The van der Waals surface area contributed by atoms with Crippen molar-refractivity contribution < 1.29 is 22.1 Å². The summed E-state index contributed by atoms with van der Waals surface area (Å²) < 4.78 is 0. The minimum Gasteiger partial charge on any atom is -0.121 e. The summed E-state index contributed by atoms with van der Waals surface area (Å²) in [5, 5.41) is 0. The molecule has 0 N–H and O–H groups in total. The number of hydrogen-bond donors (Lipinski definition) is 0. The van der Waals surface area contributed by atoms with E-state index in [2.05, 4.69) is 54.6 Å². The standard InChI is InChI=1S/C13H12S.2ClH.Hg/c1-3-7-12(8-4-1)11-14-13-9-5-2-6-10-13;;;/h1-10H,11H2;2*1H;/q;;;+2/p-2. The molecule has 0 saturated carbocycles. The Morgan fingerprint density at radius 1 is 0.824 bits per heavy atom. The third kappa shape index (κ3) is 7.35. The van der Waals surface area contributed by atoms with E-state index in [0.29, 0.717) is 0 Å². The van der Waals surface area contributed by atoms with Gasteiger partial charge in [-0.3, -0.25) is 0 Å². The Morgan fingerprint density at radius 3 is 1.82 bits per heavy atom. The summed E-state index contributed by atoms with van der Waals surface area (Å²) in [5.41, 5.74) is 1.38. The van der Waals surface area contributed by atoms with Crippen LogP contribution >= 0.6 is 28.3 Å². The van der Waals surface area contributed by atoms with Crippen molar-refractivity contribution in [3.8, 4) is 0 Å². The van der Waals surface area contributed by atoms with E-state index in [1.54, 1.807) is 0 Å². The monoisotopic (exact) mass is 472 g/mol. The largest absolute Gasteiger partial charge is 0.121 e. The van der Waals surface area contributed by atoms with Gasteiger partial charge in [-0.15, -0.1) is 11.8 Å². The average molecular weight is 472 g/mol. The second-order valence-electron chi connectivity index (χ2n) is 3.19. The van der Waals surface area contributed by atoms with Gasteiger partial charge in [0.05, 0.1) is 0 Å². The van der Waals surface area contributed by atoms with Gasteiger partial charge >= 0.3 is 38.6 Å². The zero-order valence-electron chi connectivity index (χ0n) is 9.35. The van der Waals surface area contributed by atoms with E-state index < -0.39 is 22.1 Å². The average Bonchev–Trinajstić information content (AvgIpc) is 2.40. The van der Waals surface area contributed by atoms with Crippen molar-refractivity contribution in [1.82, 2.24) is 0 Å². The molecule has 0 fully saturated rings. The molecule has 4 heteroatoms. The van der Waals surface area contributed by atoms with E-state index in [-0.39, 0.29) is 0 Å².